The Morgan fingerprint density at radius 3 is 2.75 bits per heavy atom. The lowest BCUT2D eigenvalue weighted by atomic mass is 9.56. The molecule has 0 spiro atoms. The van der Waals surface area contributed by atoms with Gasteiger partial charge in [0.2, 0.25) is 0 Å². The van der Waals surface area contributed by atoms with Gasteiger partial charge < -0.3 is 10.2 Å². The minimum absolute atomic E-state index is 0.124. The van der Waals surface area contributed by atoms with Gasteiger partial charge in [-0.15, -0.1) is 0 Å². The number of rotatable bonds is 4. The smallest absolute Gasteiger partial charge is 0.335 e. The highest BCUT2D eigenvalue weighted by Crippen LogP contribution is 2.54. The van der Waals surface area contributed by atoms with E-state index in [1.54, 1.807) is 6.07 Å². The van der Waals surface area contributed by atoms with E-state index in [9.17, 15) is 15.0 Å². The summed E-state index contributed by atoms with van der Waals surface area (Å²) in [7, 11) is 0. The maximum absolute atomic E-state index is 11.4. The molecule has 0 unspecified atom stereocenters. The minimum atomic E-state index is -0.841. The van der Waals surface area contributed by atoms with E-state index in [0.29, 0.717) is 11.5 Å². The van der Waals surface area contributed by atoms with Gasteiger partial charge in [0.05, 0.1) is 11.2 Å². The minimum Gasteiger partial charge on any atom is -0.478 e. The van der Waals surface area contributed by atoms with Crippen molar-refractivity contribution in [2.45, 2.75) is 82.7 Å². The van der Waals surface area contributed by atoms with E-state index in [0.717, 1.165) is 57.8 Å². The first-order chi connectivity index (χ1) is 11.4. The maximum atomic E-state index is 11.4. The van der Waals surface area contributed by atoms with Crippen molar-refractivity contribution >= 4 is 5.97 Å². The number of aromatic carboxylic acids is 1. The van der Waals surface area contributed by atoms with Crippen molar-refractivity contribution < 1.29 is 15.0 Å². The number of benzene rings is 1. The molecule has 0 amide bonds. The SMILES string of the molecule is CCC[C@@]12CC[C@](O)(CC)C[C@@H]1CCCc1cc(C(=O)O)ccc12. The largest absolute Gasteiger partial charge is 0.478 e. The Hall–Kier alpha value is -1.35. The molecule has 1 fully saturated rings. The van der Waals surface area contributed by atoms with Crippen LogP contribution in [0.1, 0.15) is 86.7 Å². The van der Waals surface area contributed by atoms with Gasteiger partial charge in [-0.25, -0.2) is 4.79 Å². The molecule has 0 bridgehead atoms. The number of hydrogen-bond acceptors (Lipinski definition) is 2. The summed E-state index contributed by atoms with van der Waals surface area (Å²) in [5.74, 6) is -0.333. The molecule has 2 aliphatic carbocycles. The zero-order chi connectivity index (χ0) is 17.4. The Labute approximate surface area is 145 Å². The lowest BCUT2D eigenvalue weighted by Crippen LogP contribution is -2.47. The van der Waals surface area contributed by atoms with E-state index in [4.69, 9.17) is 0 Å². The summed E-state index contributed by atoms with van der Waals surface area (Å²) >= 11 is 0. The molecule has 1 aromatic carbocycles. The van der Waals surface area contributed by atoms with Crippen LogP contribution in [0.2, 0.25) is 0 Å². The number of hydrogen-bond donors (Lipinski definition) is 2. The summed E-state index contributed by atoms with van der Waals surface area (Å²) in [6.07, 6.45) is 9.06. The molecule has 0 aromatic heterocycles. The zero-order valence-corrected chi connectivity index (χ0v) is 15.0. The van der Waals surface area contributed by atoms with E-state index >= 15 is 0 Å². The van der Waals surface area contributed by atoms with Crippen LogP contribution in [0.3, 0.4) is 0 Å². The van der Waals surface area contributed by atoms with Crippen LogP contribution < -0.4 is 0 Å². The molecule has 0 aliphatic heterocycles. The summed E-state index contributed by atoms with van der Waals surface area (Å²) in [6.45, 7) is 4.33. The molecule has 0 radical (unpaired) electrons. The van der Waals surface area contributed by atoms with Crippen LogP contribution in [0.5, 0.6) is 0 Å². The van der Waals surface area contributed by atoms with Crippen molar-refractivity contribution in [3.63, 3.8) is 0 Å². The van der Waals surface area contributed by atoms with Crippen molar-refractivity contribution in [2.24, 2.45) is 5.92 Å². The summed E-state index contributed by atoms with van der Waals surface area (Å²) in [6, 6.07) is 5.77. The van der Waals surface area contributed by atoms with Crippen LogP contribution in [0.15, 0.2) is 18.2 Å². The van der Waals surface area contributed by atoms with Gasteiger partial charge in [0.15, 0.2) is 0 Å². The molecule has 3 nitrogen and oxygen atoms in total. The highest BCUT2D eigenvalue weighted by molar-refractivity contribution is 5.88. The lowest BCUT2D eigenvalue weighted by Gasteiger charge is -2.50. The van der Waals surface area contributed by atoms with Gasteiger partial charge >= 0.3 is 5.97 Å². The van der Waals surface area contributed by atoms with Gasteiger partial charge in [-0.1, -0.05) is 26.3 Å². The third-order valence-corrected chi connectivity index (χ3v) is 6.69. The van der Waals surface area contributed by atoms with Gasteiger partial charge in [-0.05, 0) is 86.0 Å². The fourth-order valence-electron chi connectivity index (χ4n) is 5.34. The van der Waals surface area contributed by atoms with Crippen molar-refractivity contribution in [2.75, 3.05) is 0 Å². The second-order valence-electron chi connectivity index (χ2n) is 7.95. The molecule has 2 N–H and O–H groups in total. The number of carbonyl (C=O) groups is 1. The summed E-state index contributed by atoms with van der Waals surface area (Å²) in [5, 5.41) is 20.2. The Balaban J connectivity index is 2.07. The fourth-order valence-corrected chi connectivity index (χ4v) is 5.34. The molecular formula is C21H30O3. The molecule has 2 aliphatic rings. The molecule has 1 aromatic rings. The quantitative estimate of drug-likeness (QED) is 0.841. The van der Waals surface area contributed by atoms with Crippen LogP contribution in [0.25, 0.3) is 0 Å². The Morgan fingerprint density at radius 1 is 1.29 bits per heavy atom. The number of aliphatic hydroxyl groups is 1. The second kappa shape index (κ2) is 6.51. The average molecular weight is 330 g/mol. The molecule has 1 saturated carbocycles. The molecular weight excluding hydrogens is 300 g/mol. The number of carboxylic acids is 1. The maximum Gasteiger partial charge on any atom is 0.335 e. The number of aryl methyl sites for hydroxylation is 1. The van der Waals surface area contributed by atoms with Crippen molar-refractivity contribution in [3.8, 4) is 0 Å². The third-order valence-electron chi connectivity index (χ3n) is 6.69. The number of fused-ring (bicyclic) bond motifs is 3. The highest BCUT2D eigenvalue weighted by atomic mass is 16.4. The summed E-state index contributed by atoms with van der Waals surface area (Å²) in [4.78, 5) is 11.4. The summed E-state index contributed by atoms with van der Waals surface area (Å²) in [5.41, 5.74) is 2.62. The lowest BCUT2D eigenvalue weighted by molar-refractivity contribution is -0.0517. The standard InChI is InChI=1S/C21H30O3/c1-3-10-21-12-11-20(24,4-2)14-17(21)7-5-6-15-13-16(19(22)23)8-9-18(15)21/h8-9,13,17,24H,3-7,10-12,14H2,1-2H3,(H,22,23)/t17-,20+,21+/m0/s1. The first kappa shape index (κ1) is 17.5. The van der Waals surface area contributed by atoms with Gasteiger partial charge in [-0.3, -0.25) is 0 Å². The van der Waals surface area contributed by atoms with Crippen LogP contribution >= 0.6 is 0 Å². The molecule has 24 heavy (non-hydrogen) atoms. The fraction of sp³-hybridized carbons (Fsp3) is 0.667. The normalized spacial score (nSPS) is 32.5. The van der Waals surface area contributed by atoms with Gasteiger partial charge in [0.25, 0.3) is 0 Å². The van der Waals surface area contributed by atoms with E-state index < -0.39 is 11.6 Å². The van der Waals surface area contributed by atoms with Crippen LogP contribution in [-0.2, 0) is 11.8 Å². The van der Waals surface area contributed by atoms with Crippen LogP contribution in [0, 0.1) is 5.92 Å². The van der Waals surface area contributed by atoms with Crippen molar-refractivity contribution in [1.82, 2.24) is 0 Å². The number of carboxylic acid groups (broad SMARTS) is 1. The predicted octanol–water partition coefficient (Wildman–Crippen LogP) is 4.70. The molecule has 132 valence electrons. The van der Waals surface area contributed by atoms with Gasteiger partial charge in [0, 0.05) is 0 Å². The van der Waals surface area contributed by atoms with E-state index in [-0.39, 0.29) is 5.41 Å². The van der Waals surface area contributed by atoms with E-state index in [2.05, 4.69) is 19.9 Å². The molecule has 0 saturated heterocycles. The first-order valence-electron chi connectivity index (χ1n) is 9.53. The van der Waals surface area contributed by atoms with Crippen molar-refractivity contribution in [1.29, 1.82) is 0 Å². The first-order valence-corrected chi connectivity index (χ1v) is 9.53. The third kappa shape index (κ3) is 2.88. The molecule has 3 rings (SSSR count). The Kier molecular flexibility index (Phi) is 4.74. The Bertz CT molecular complexity index is 624. The average Bonchev–Trinajstić information content (AvgIpc) is 2.72. The zero-order valence-electron chi connectivity index (χ0n) is 15.0. The van der Waals surface area contributed by atoms with Gasteiger partial charge in [0.1, 0.15) is 0 Å². The summed E-state index contributed by atoms with van der Waals surface area (Å²) < 4.78 is 0. The highest BCUT2D eigenvalue weighted by Gasteiger charge is 2.49. The van der Waals surface area contributed by atoms with Crippen molar-refractivity contribution in [3.05, 3.63) is 34.9 Å². The molecule has 0 heterocycles. The topological polar surface area (TPSA) is 57.5 Å². The molecule has 3 heteroatoms. The monoisotopic (exact) mass is 330 g/mol. The van der Waals surface area contributed by atoms with Gasteiger partial charge in [-0.2, -0.15) is 0 Å². The Morgan fingerprint density at radius 2 is 2.08 bits per heavy atom. The van der Waals surface area contributed by atoms with E-state index in [1.165, 1.54) is 11.1 Å². The van der Waals surface area contributed by atoms with E-state index in [1.807, 2.05) is 6.07 Å². The molecule has 3 atom stereocenters. The second-order valence-corrected chi connectivity index (χ2v) is 7.95. The van der Waals surface area contributed by atoms with Crippen LogP contribution in [0.4, 0.5) is 0 Å². The van der Waals surface area contributed by atoms with Crippen LogP contribution in [-0.4, -0.2) is 21.8 Å². The predicted molar refractivity (Wildman–Crippen MR) is 95.5 cm³/mol.